The predicted octanol–water partition coefficient (Wildman–Crippen LogP) is 0.427. The Morgan fingerprint density at radius 1 is 1.56 bits per heavy atom. The summed E-state index contributed by atoms with van der Waals surface area (Å²) < 4.78 is 11.1. The molecule has 1 amide bonds. The molecule has 0 aliphatic rings. The maximum Gasteiger partial charge on any atom is 0.269 e. The first-order chi connectivity index (χ1) is 8.54. The van der Waals surface area contributed by atoms with Crippen molar-refractivity contribution in [1.82, 2.24) is 10.3 Å². The maximum atomic E-state index is 11.7. The number of carbonyl (C=O) groups excluding carboxylic acids is 1. The molecule has 18 heavy (non-hydrogen) atoms. The van der Waals surface area contributed by atoms with E-state index in [2.05, 4.69) is 10.3 Å². The van der Waals surface area contributed by atoms with Crippen molar-refractivity contribution in [2.24, 2.45) is 5.73 Å². The van der Waals surface area contributed by atoms with E-state index < -0.39 is 10.8 Å². The van der Waals surface area contributed by atoms with Crippen LogP contribution in [0.1, 0.15) is 29.4 Å². The van der Waals surface area contributed by atoms with Crippen molar-refractivity contribution in [2.45, 2.75) is 25.1 Å². The fourth-order valence-corrected chi connectivity index (χ4v) is 1.77. The minimum atomic E-state index is -0.855. The summed E-state index contributed by atoms with van der Waals surface area (Å²) in [5.41, 5.74) is 6.71. The molecule has 0 saturated carbocycles. The quantitative estimate of drug-likeness (QED) is 0.784. The van der Waals surface area contributed by atoms with Crippen LogP contribution in [0, 0.1) is 0 Å². The van der Waals surface area contributed by atoms with E-state index >= 15 is 0 Å². The monoisotopic (exact) mass is 269 g/mol. The number of amides is 1. The Labute approximate surface area is 110 Å². The van der Waals surface area contributed by atoms with E-state index in [1.54, 1.807) is 24.6 Å². The van der Waals surface area contributed by atoms with Crippen molar-refractivity contribution in [3.05, 3.63) is 29.6 Å². The Bertz CT molecular complexity index is 420. The number of carbonyl (C=O) groups is 1. The highest BCUT2D eigenvalue weighted by atomic mass is 32.2. The van der Waals surface area contributed by atoms with Gasteiger partial charge in [0.1, 0.15) is 5.69 Å². The van der Waals surface area contributed by atoms with Gasteiger partial charge in [-0.15, -0.1) is 0 Å². The minimum Gasteiger partial charge on any atom is -0.351 e. The molecule has 6 heteroatoms. The molecule has 100 valence electrons. The second-order valence-electron chi connectivity index (χ2n) is 4.11. The number of aromatic nitrogens is 1. The molecule has 0 radical (unpaired) electrons. The Balaban J connectivity index is 2.42. The summed E-state index contributed by atoms with van der Waals surface area (Å²) in [6, 6.07) is 3.44. The molecule has 5 nitrogen and oxygen atoms in total. The van der Waals surface area contributed by atoms with Crippen molar-refractivity contribution < 1.29 is 9.00 Å². The van der Waals surface area contributed by atoms with Gasteiger partial charge in [-0.05, 0) is 18.1 Å². The number of nitrogens with two attached hydrogens (primary N) is 1. The molecule has 0 fully saturated rings. The van der Waals surface area contributed by atoms with Crippen LogP contribution in [0.3, 0.4) is 0 Å². The van der Waals surface area contributed by atoms with Gasteiger partial charge in [0.05, 0.1) is 0 Å². The van der Waals surface area contributed by atoms with Gasteiger partial charge < -0.3 is 11.1 Å². The molecule has 1 aromatic heterocycles. The van der Waals surface area contributed by atoms with E-state index in [0.29, 0.717) is 25.2 Å². The van der Waals surface area contributed by atoms with Gasteiger partial charge in [-0.1, -0.05) is 13.0 Å². The molecule has 1 heterocycles. The van der Waals surface area contributed by atoms with Gasteiger partial charge in [0, 0.05) is 41.6 Å². The number of hydrogen-bond acceptors (Lipinski definition) is 4. The van der Waals surface area contributed by atoms with Gasteiger partial charge in [-0.25, -0.2) is 0 Å². The third-order valence-corrected chi connectivity index (χ3v) is 4.07. The number of pyridine rings is 1. The number of rotatable bonds is 6. The lowest BCUT2D eigenvalue weighted by atomic mass is 10.2. The van der Waals surface area contributed by atoms with Crippen LogP contribution in [0.25, 0.3) is 0 Å². The Hall–Kier alpha value is -1.27. The van der Waals surface area contributed by atoms with Crippen LogP contribution in [-0.2, 0) is 17.3 Å². The Kier molecular flexibility index (Phi) is 5.94. The maximum absolute atomic E-state index is 11.7. The van der Waals surface area contributed by atoms with Gasteiger partial charge in [-0.2, -0.15) is 0 Å². The van der Waals surface area contributed by atoms with Crippen LogP contribution >= 0.6 is 0 Å². The molecule has 2 atom stereocenters. The predicted molar refractivity (Wildman–Crippen MR) is 72.6 cm³/mol. The summed E-state index contributed by atoms with van der Waals surface area (Å²) in [6.45, 7) is 2.81. The zero-order chi connectivity index (χ0) is 13.5. The third-order valence-electron chi connectivity index (χ3n) is 2.70. The van der Waals surface area contributed by atoms with E-state index in [4.69, 9.17) is 5.73 Å². The van der Waals surface area contributed by atoms with Gasteiger partial charge >= 0.3 is 0 Å². The van der Waals surface area contributed by atoms with E-state index in [1.165, 1.54) is 0 Å². The lowest BCUT2D eigenvalue weighted by Gasteiger charge is -2.09. The van der Waals surface area contributed by atoms with Crippen LogP contribution in [0.4, 0.5) is 0 Å². The molecule has 0 aliphatic carbocycles. The number of nitrogens with one attached hydrogen (secondary N) is 1. The van der Waals surface area contributed by atoms with E-state index in [1.807, 2.05) is 6.92 Å². The summed E-state index contributed by atoms with van der Waals surface area (Å²) in [7, 11) is -0.855. The summed E-state index contributed by atoms with van der Waals surface area (Å²) >= 11 is 0. The fraction of sp³-hybridized carbons (Fsp3) is 0.500. The highest BCUT2D eigenvalue weighted by Gasteiger charge is 2.09. The summed E-state index contributed by atoms with van der Waals surface area (Å²) in [4.78, 5) is 15.7. The normalized spacial score (nSPS) is 13.9. The first-order valence-corrected chi connectivity index (χ1v) is 7.42. The van der Waals surface area contributed by atoms with E-state index in [-0.39, 0.29) is 11.2 Å². The molecule has 1 rings (SSSR count). The second-order valence-corrected chi connectivity index (χ2v) is 5.91. The summed E-state index contributed by atoms with van der Waals surface area (Å²) in [5.74, 6) is -0.215. The van der Waals surface area contributed by atoms with Crippen LogP contribution in [0.15, 0.2) is 18.3 Å². The topological polar surface area (TPSA) is 85.1 Å². The van der Waals surface area contributed by atoms with Crippen molar-refractivity contribution in [3.63, 3.8) is 0 Å². The molecule has 0 spiro atoms. The molecule has 0 aliphatic heterocycles. The molecular formula is C12H19N3O2S. The van der Waals surface area contributed by atoms with Crippen molar-refractivity contribution in [2.75, 3.05) is 12.8 Å². The van der Waals surface area contributed by atoms with E-state index in [0.717, 1.165) is 5.56 Å². The second kappa shape index (κ2) is 7.23. The van der Waals surface area contributed by atoms with Gasteiger partial charge in [0.2, 0.25) is 0 Å². The zero-order valence-corrected chi connectivity index (χ0v) is 11.5. The molecule has 2 unspecified atom stereocenters. The highest BCUT2D eigenvalue weighted by molar-refractivity contribution is 7.84. The highest BCUT2D eigenvalue weighted by Crippen LogP contribution is 2.01. The SMILES string of the molecule is CC(CCNC(=O)c1ccc(CN)cn1)S(C)=O. The smallest absolute Gasteiger partial charge is 0.269 e. The summed E-state index contributed by atoms with van der Waals surface area (Å²) in [6.07, 6.45) is 3.95. The molecule has 3 N–H and O–H groups in total. The van der Waals surface area contributed by atoms with Crippen molar-refractivity contribution in [1.29, 1.82) is 0 Å². The zero-order valence-electron chi connectivity index (χ0n) is 10.7. The number of hydrogen-bond donors (Lipinski definition) is 2. The average Bonchev–Trinajstić information content (AvgIpc) is 2.38. The first kappa shape index (κ1) is 14.8. The van der Waals surface area contributed by atoms with Crippen LogP contribution in [0.5, 0.6) is 0 Å². The standard InChI is InChI=1S/C12H19N3O2S/c1-9(18(2)17)5-6-14-12(16)11-4-3-10(7-13)8-15-11/h3-4,8-9H,5-7,13H2,1-2H3,(H,14,16). The minimum absolute atomic E-state index is 0.0814. The first-order valence-electron chi connectivity index (χ1n) is 5.80. The van der Waals surface area contributed by atoms with Gasteiger partial charge in [0.15, 0.2) is 0 Å². The Morgan fingerprint density at radius 3 is 2.78 bits per heavy atom. The summed E-state index contributed by atoms with van der Waals surface area (Å²) in [5, 5.41) is 2.84. The molecule has 0 saturated heterocycles. The van der Waals surface area contributed by atoms with Crippen LogP contribution in [-0.4, -0.2) is 33.2 Å². The fourth-order valence-electron chi connectivity index (χ4n) is 1.33. The average molecular weight is 269 g/mol. The van der Waals surface area contributed by atoms with Crippen molar-refractivity contribution in [3.8, 4) is 0 Å². The van der Waals surface area contributed by atoms with Crippen molar-refractivity contribution >= 4 is 16.7 Å². The lowest BCUT2D eigenvalue weighted by Crippen LogP contribution is -2.28. The largest absolute Gasteiger partial charge is 0.351 e. The third kappa shape index (κ3) is 4.54. The Morgan fingerprint density at radius 2 is 2.28 bits per heavy atom. The van der Waals surface area contributed by atoms with E-state index in [9.17, 15) is 9.00 Å². The molecule has 0 aromatic carbocycles. The van der Waals surface area contributed by atoms with Crippen LogP contribution in [0.2, 0.25) is 0 Å². The number of nitrogens with zero attached hydrogens (tertiary/aromatic N) is 1. The molecular weight excluding hydrogens is 250 g/mol. The lowest BCUT2D eigenvalue weighted by molar-refractivity contribution is 0.0948. The van der Waals surface area contributed by atoms with Crippen LogP contribution < -0.4 is 11.1 Å². The van der Waals surface area contributed by atoms with Gasteiger partial charge in [-0.3, -0.25) is 14.0 Å². The van der Waals surface area contributed by atoms with Gasteiger partial charge in [0.25, 0.3) is 5.91 Å². The molecule has 0 bridgehead atoms. The molecule has 1 aromatic rings.